The smallest absolute Gasteiger partial charge is 0.335 e. The largest absolute Gasteiger partial charge is 0.493 e. The molecule has 0 bridgehead atoms. The SMILES string of the molecule is COc1cc(C(=O)O)cc(Cl)c1OCCc1scnc1C. The van der Waals surface area contributed by atoms with E-state index < -0.39 is 5.97 Å². The maximum atomic E-state index is 11.0. The van der Waals surface area contributed by atoms with Gasteiger partial charge in [0.1, 0.15) is 0 Å². The Kier molecular flexibility index (Phi) is 5.03. The second kappa shape index (κ2) is 6.78. The van der Waals surface area contributed by atoms with Crippen molar-refractivity contribution in [3.63, 3.8) is 0 Å². The minimum Gasteiger partial charge on any atom is -0.493 e. The van der Waals surface area contributed by atoms with Crippen LogP contribution in [0.2, 0.25) is 5.02 Å². The standard InChI is InChI=1S/C14H14ClNO4S/c1-8-12(21-7-16-8)3-4-20-13-10(15)5-9(14(17)18)6-11(13)19-2/h5-7H,3-4H2,1-2H3,(H,17,18). The number of carboxylic acid groups (broad SMARTS) is 1. The zero-order valence-corrected chi connectivity index (χ0v) is 13.1. The summed E-state index contributed by atoms with van der Waals surface area (Å²) in [7, 11) is 1.44. The lowest BCUT2D eigenvalue weighted by atomic mass is 10.2. The number of aromatic nitrogens is 1. The summed E-state index contributed by atoms with van der Waals surface area (Å²) in [5.41, 5.74) is 2.84. The summed E-state index contributed by atoms with van der Waals surface area (Å²) in [5, 5.41) is 9.21. The van der Waals surface area contributed by atoms with Crippen LogP contribution in [0, 0.1) is 6.92 Å². The molecule has 1 aromatic heterocycles. The highest BCUT2D eigenvalue weighted by molar-refractivity contribution is 7.09. The first-order chi connectivity index (χ1) is 10.0. The molecule has 0 aliphatic heterocycles. The summed E-state index contributed by atoms with van der Waals surface area (Å²) in [4.78, 5) is 16.3. The lowest BCUT2D eigenvalue weighted by Gasteiger charge is -2.13. The number of nitrogens with zero attached hydrogens (tertiary/aromatic N) is 1. The van der Waals surface area contributed by atoms with E-state index in [9.17, 15) is 4.79 Å². The third-order valence-electron chi connectivity index (χ3n) is 2.90. The van der Waals surface area contributed by atoms with Crippen molar-refractivity contribution in [2.24, 2.45) is 0 Å². The van der Waals surface area contributed by atoms with Crippen molar-refractivity contribution in [2.75, 3.05) is 13.7 Å². The van der Waals surface area contributed by atoms with Crippen LogP contribution in [-0.4, -0.2) is 29.8 Å². The molecule has 0 radical (unpaired) electrons. The van der Waals surface area contributed by atoms with Gasteiger partial charge in [0.25, 0.3) is 0 Å². The van der Waals surface area contributed by atoms with Crippen molar-refractivity contribution in [1.82, 2.24) is 4.98 Å². The summed E-state index contributed by atoms with van der Waals surface area (Å²) >= 11 is 7.64. The van der Waals surface area contributed by atoms with Crippen LogP contribution in [0.4, 0.5) is 0 Å². The molecule has 2 rings (SSSR count). The van der Waals surface area contributed by atoms with Crippen LogP contribution >= 0.6 is 22.9 Å². The number of carbonyl (C=O) groups is 1. The van der Waals surface area contributed by atoms with Gasteiger partial charge in [0, 0.05) is 11.3 Å². The minimum absolute atomic E-state index is 0.0579. The predicted molar refractivity (Wildman–Crippen MR) is 81.0 cm³/mol. The van der Waals surface area contributed by atoms with Gasteiger partial charge in [0.05, 0.1) is 35.5 Å². The van der Waals surface area contributed by atoms with Crippen LogP contribution in [0.3, 0.4) is 0 Å². The second-order valence-corrected chi connectivity index (χ2v) is 5.60. The first-order valence-electron chi connectivity index (χ1n) is 6.15. The average Bonchev–Trinajstić information content (AvgIpc) is 2.85. The fraction of sp³-hybridized carbons (Fsp3) is 0.286. The number of hydrogen-bond acceptors (Lipinski definition) is 5. The minimum atomic E-state index is -1.07. The van der Waals surface area contributed by atoms with Crippen LogP contribution in [0.25, 0.3) is 0 Å². The number of ether oxygens (including phenoxy) is 2. The molecule has 1 aromatic carbocycles. The first-order valence-corrected chi connectivity index (χ1v) is 7.41. The van der Waals surface area contributed by atoms with E-state index in [-0.39, 0.29) is 10.6 Å². The Morgan fingerprint density at radius 3 is 2.81 bits per heavy atom. The van der Waals surface area contributed by atoms with E-state index in [1.807, 2.05) is 6.92 Å². The summed E-state index contributed by atoms with van der Waals surface area (Å²) in [6.45, 7) is 2.35. The number of carboxylic acids is 1. The van der Waals surface area contributed by atoms with Gasteiger partial charge in [0.15, 0.2) is 11.5 Å². The van der Waals surface area contributed by atoms with Gasteiger partial charge in [0.2, 0.25) is 0 Å². The highest BCUT2D eigenvalue weighted by Crippen LogP contribution is 2.36. The molecular weight excluding hydrogens is 314 g/mol. The summed E-state index contributed by atoms with van der Waals surface area (Å²) in [6.07, 6.45) is 0.705. The normalized spacial score (nSPS) is 10.4. The molecule has 0 saturated carbocycles. The maximum Gasteiger partial charge on any atom is 0.335 e. The molecule has 0 spiro atoms. The number of halogens is 1. The molecule has 1 N–H and O–H groups in total. The lowest BCUT2D eigenvalue weighted by Crippen LogP contribution is -2.05. The van der Waals surface area contributed by atoms with Gasteiger partial charge in [-0.05, 0) is 19.1 Å². The van der Waals surface area contributed by atoms with Gasteiger partial charge >= 0.3 is 5.97 Å². The molecule has 0 unspecified atom stereocenters. The number of thiazole rings is 1. The molecule has 7 heteroatoms. The topological polar surface area (TPSA) is 68.7 Å². The molecule has 0 aliphatic rings. The molecule has 0 saturated heterocycles. The summed E-state index contributed by atoms with van der Waals surface area (Å²) in [6, 6.07) is 2.74. The molecule has 2 aromatic rings. The molecule has 21 heavy (non-hydrogen) atoms. The molecule has 112 valence electrons. The van der Waals surface area contributed by atoms with Crippen LogP contribution in [0.5, 0.6) is 11.5 Å². The Hall–Kier alpha value is -1.79. The van der Waals surface area contributed by atoms with Gasteiger partial charge in [-0.25, -0.2) is 9.78 Å². The molecule has 0 fully saturated rings. The number of rotatable bonds is 6. The van der Waals surface area contributed by atoms with Crippen LogP contribution in [0.1, 0.15) is 20.9 Å². The third-order valence-corrected chi connectivity index (χ3v) is 4.17. The number of aromatic carboxylic acids is 1. The van der Waals surface area contributed by atoms with Gasteiger partial charge in [-0.2, -0.15) is 0 Å². The van der Waals surface area contributed by atoms with Gasteiger partial charge < -0.3 is 14.6 Å². The second-order valence-electron chi connectivity index (χ2n) is 4.25. The Morgan fingerprint density at radius 2 is 2.24 bits per heavy atom. The Balaban J connectivity index is 2.12. The third kappa shape index (κ3) is 3.65. The zero-order valence-electron chi connectivity index (χ0n) is 11.6. The van der Waals surface area contributed by atoms with Crippen LogP contribution in [0.15, 0.2) is 17.6 Å². The van der Waals surface area contributed by atoms with Crippen molar-refractivity contribution in [3.05, 3.63) is 38.8 Å². The van der Waals surface area contributed by atoms with E-state index >= 15 is 0 Å². The molecule has 0 atom stereocenters. The van der Waals surface area contributed by atoms with Crippen molar-refractivity contribution in [1.29, 1.82) is 0 Å². The highest BCUT2D eigenvalue weighted by atomic mass is 35.5. The average molecular weight is 328 g/mol. The monoisotopic (exact) mass is 327 g/mol. The molecule has 5 nitrogen and oxygen atoms in total. The number of aryl methyl sites for hydroxylation is 1. The fourth-order valence-electron chi connectivity index (χ4n) is 1.80. The van der Waals surface area contributed by atoms with Crippen molar-refractivity contribution in [2.45, 2.75) is 13.3 Å². The highest BCUT2D eigenvalue weighted by Gasteiger charge is 2.15. The van der Waals surface area contributed by atoms with E-state index in [0.717, 1.165) is 10.6 Å². The predicted octanol–water partition coefficient (Wildman–Crippen LogP) is 3.43. The molecule has 0 aliphatic carbocycles. The molecule has 1 heterocycles. The first kappa shape index (κ1) is 15.6. The number of hydrogen-bond donors (Lipinski definition) is 1. The van der Waals surface area contributed by atoms with Crippen LogP contribution < -0.4 is 9.47 Å². The maximum absolute atomic E-state index is 11.0. The Bertz CT molecular complexity index is 656. The quantitative estimate of drug-likeness (QED) is 0.880. The van der Waals surface area contributed by atoms with E-state index in [0.29, 0.717) is 24.5 Å². The van der Waals surface area contributed by atoms with E-state index in [1.54, 1.807) is 16.8 Å². The number of benzene rings is 1. The van der Waals surface area contributed by atoms with Gasteiger partial charge in [-0.15, -0.1) is 11.3 Å². The van der Waals surface area contributed by atoms with E-state index in [1.165, 1.54) is 19.2 Å². The van der Waals surface area contributed by atoms with Crippen molar-refractivity contribution >= 4 is 28.9 Å². The molecular formula is C14H14ClNO4S. The zero-order chi connectivity index (χ0) is 15.4. The Morgan fingerprint density at radius 1 is 1.48 bits per heavy atom. The van der Waals surface area contributed by atoms with Crippen LogP contribution in [-0.2, 0) is 6.42 Å². The lowest BCUT2D eigenvalue weighted by molar-refractivity contribution is 0.0696. The summed E-state index contributed by atoms with van der Waals surface area (Å²) < 4.78 is 10.8. The van der Waals surface area contributed by atoms with Gasteiger partial charge in [-0.3, -0.25) is 0 Å². The molecule has 0 amide bonds. The van der Waals surface area contributed by atoms with Crippen molar-refractivity contribution in [3.8, 4) is 11.5 Å². The summed E-state index contributed by atoms with van der Waals surface area (Å²) in [5.74, 6) is -0.408. The Labute approximate surface area is 131 Å². The van der Waals surface area contributed by atoms with Gasteiger partial charge in [-0.1, -0.05) is 11.6 Å². The fourth-order valence-corrected chi connectivity index (χ4v) is 2.82. The van der Waals surface area contributed by atoms with E-state index in [2.05, 4.69) is 4.98 Å². The van der Waals surface area contributed by atoms with Crippen molar-refractivity contribution < 1.29 is 19.4 Å². The number of methoxy groups -OCH3 is 1. The van der Waals surface area contributed by atoms with E-state index in [4.69, 9.17) is 26.2 Å².